The average Bonchev–Trinajstić information content (AvgIpc) is 3.03. The predicted molar refractivity (Wildman–Crippen MR) is 188 cm³/mol. The van der Waals surface area contributed by atoms with Crippen molar-refractivity contribution in [3.63, 3.8) is 0 Å². The third kappa shape index (κ3) is 32.9. The Balaban J connectivity index is 4.34. The molecule has 0 amide bonds. The Hall–Kier alpha value is -0.990. The fourth-order valence-corrected chi connectivity index (χ4v) is 6.09. The van der Waals surface area contributed by atoms with Gasteiger partial charge in [0.25, 0.3) is 0 Å². The minimum absolute atomic E-state index is 0.0301. The van der Waals surface area contributed by atoms with E-state index in [4.69, 9.17) is 24.3 Å². The van der Waals surface area contributed by atoms with Crippen LogP contribution in [0.4, 0.5) is 0 Å². The van der Waals surface area contributed by atoms with Crippen LogP contribution in [0.25, 0.3) is 0 Å². The molecule has 274 valence electrons. The first-order valence-electron chi connectivity index (χ1n) is 19.0. The van der Waals surface area contributed by atoms with E-state index in [2.05, 4.69) is 13.8 Å². The van der Waals surface area contributed by atoms with Crippen LogP contribution in [-0.4, -0.2) is 49.3 Å². The van der Waals surface area contributed by atoms with Crippen molar-refractivity contribution in [3.8, 4) is 0 Å². The molecule has 0 aliphatic rings. The third-order valence-corrected chi connectivity index (χ3v) is 9.21. The molecule has 3 N–H and O–H groups in total. The van der Waals surface area contributed by atoms with Crippen LogP contribution < -0.4 is 5.73 Å². The molecule has 46 heavy (non-hydrogen) atoms. The number of phosphoric ester groups is 1. The number of carbonyl (C=O) groups excluding carboxylic acids is 2. The molecule has 1 unspecified atom stereocenters. The summed E-state index contributed by atoms with van der Waals surface area (Å²) in [6.45, 7) is 4.33. The Labute approximate surface area is 282 Å². The van der Waals surface area contributed by atoms with E-state index in [-0.39, 0.29) is 25.6 Å². The van der Waals surface area contributed by atoms with Crippen molar-refractivity contribution in [2.75, 3.05) is 26.4 Å². The summed E-state index contributed by atoms with van der Waals surface area (Å²) in [5, 5.41) is 0. The van der Waals surface area contributed by atoms with Gasteiger partial charge in [-0.3, -0.25) is 18.6 Å². The first-order chi connectivity index (χ1) is 22.3. The van der Waals surface area contributed by atoms with Crippen LogP contribution in [0.15, 0.2) is 0 Å². The van der Waals surface area contributed by atoms with E-state index in [1.165, 1.54) is 109 Å². The number of hydrogen-bond acceptors (Lipinski definition) is 8. The number of phosphoric acid groups is 1. The number of carbonyl (C=O) groups is 2. The summed E-state index contributed by atoms with van der Waals surface area (Å²) in [6.07, 6.45) is 28.3. The molecule has 10 heteroatoms. The van der Waals surface area contributed by atoms with Gasteiger partial charge in [-0.1, -0.05) is 149 Å². The highest BCUT2D eigenvalue weighted by Crippen LogP contribution is 2.43. The molecule has 0 rings (SSSR count). The molecular formula is C36H72NO8P. The smallest absolute Gasteiger partial charge is 0.462 e. The molecule has 0 aromatic carbocycles. The second kappa shape index (κ2) is 33.9. The number of unbranched alkanes of at least 4 members (excludes halogenated alkanes) is 22. The lowest BCUT2D eigenvalue weighted by Crippen LogP contribution is -2.29. The topological polar surface area (TPSA) is 134 Å². The zero-order valence-corrected chi connectivity index (χ0v) is 30.7. The maximum Gasteiger partial charge on any atom is 0.472 e. The molecule has 0 aromatic heterocycles. The van der Waals surface area contributed by atoms with Gasteiger partial charge >= 0.3 is 19.8 Å². The monoisotopic (exact) mass is 677 g/mol. The first kappa shape index (κ1) is 45.0. The molecular weight excluding hydrogens is 605 g/mol. The molecule has 0 bridgehead atoms. The highest BCUT2D eigenvalue weighted by molar-refractivity contribution is 7.47. The summed E-state index contributed by atoms with van der Waals surface area (Å²) in [5.74, 6) is -0.804. The van der Waals surface area contributed by atoms with Crippen LogP contribution in [-0.2, 0) is 32.7 Å². The summed E-state index contributed by atoms with van der Waals surface area (Å²) in [6, 6.07) is 0. The first-order valence-corrected chi connectivity index (χ1v) is 20.5. The molecule has 0 spiro atoms. The SMILES string of the molecule is CCCCCCCCCCCCCCC(=O)O[C@@H](COC(=O)CCCCCCCCCCCCC)COP(=O)(O)OCCCCN. The van der Waals surface area contributed by atoms with Crippen LogP contribution >= 0.6 is 7.82 Å². The molecule has 9 nitrogen and oxygen atoms in total. The predicted octanol–water partition coefficient (Wildman–Crippen LogP) is 10.1. The summed E-state index contributed by atoms with van der Waals surface area (Å²) in [4.78, 5) is 34.9. The van der Waals surface area contributed by atoms with Crippen molar-refractivity contribution < 1.29 is 37.6 Å². The lowest BCUT2D eigenvalue weighted by atomic mass is 10.0. The van der Waals surface area contributed by atoms with Gasteiger partial charge in [0.15, 0.2) is 6.10 Å². The normalized spacial score (nSPS) is 13.4. The molecule has 0 saturated heterocycles. The van der Waals surface area contributed by atoms with Crippen LogP contribution in [0.2, 0.25) is 0 Å². The Morgan fingerprint density at radius 1 is 0.565 bits per heavy atom. The number of ether oxygens (including phenoxy) is 2. The summed E-state index contributed by atoms with van der Waals surface area (Å²) >= 11 is 0. The molecule has 0 heterocycles. The highest BCUT2D eigenvalue weighted by Gasteiger charge is 2.26. The standard InChI is InChI=1S/C36H72NO8P/c1-3-5-7-9-11-13-15-17-19-21-23-25-29-36(39)45-34(33-44-46(40,41)43-31-27-26-30-37)32-42-35(38)28-24-22-20-18-16-14-12-10-8-6-4-2/h34H,3-33,37H2,1-2H3,(H,40,41)/t34-/m0/s1. The van der Waals surface area contributed by atoms with Crippen LogP contribution in [0.3, 0.4) is 0 Å². The van der Waals surface area contributed by atoms with E-state index < -0.39 is 26.5 Å². The van der Waals surface area contributed by atoms with Gasteiger partial charge in [-0.2, -0.15) is 0 Å². The summed E-state index contributed by atoms with van der Waals surface area (Å²) in [7, 11) is -4.34. The maximum atomic E-state index is 12.5. The molecule has 0 aliphatic heterocycles. The molecule has 0 fully saturated rings. The van der Waals surface area contributed by atoms with Gasteiger partial charge in [-0.15, -0.1) is 0 Å². The van der Waals surface area contributed by atoms with Crippen LogP contribution in [0, 0.1) is 0 Å². The van der Waals surface area contributed by atoms with E-state index in [0.29, 0.717) is 32.2 Å². The van der Waals surface area contributed by atoms with E-state index in [1.807, 2.05) is 0 Å². The van der Waals surface area contributed by atoms with E-state index >= 15 is 0 Å². The molecule has 0 radical (unpaired) electrons. The van der Waals surface area contributed by atoms with Gasteiger partial charge in [0.2, 0.25) is 0 Å². The van der Waals surface area contributed by atoms with Gasteiger partial charge in [0, 0.05) is 12.8 Å². The Morgan fingerprint density at radius 3 is 1.41 bits per heavy atom. The Kier molecular flexibility index (Phi) is 33.2. The molecule has 0 aromatic rings. The highest BCUT2D eigenvalue weighted by atomic mass is 31.2. The van der Waals surface area contributed by atoms with Crippen molar-refractivity contribution in [2.45, 2.75) is 193 Å². The maximum absolute atomic E-state index is 12.5. The summed E-state index contributed by atoms with van der Waals surface area (Å²) < 4.78 is 33.2. The van der Waals surface area contributed by atoms with Gasteiger partial charge in [0.1, 0.15) is 6.61 Å². The van der Waals surface area contributed by atoms with E-state index in [9.17, 15) is 19.0 Å². The van der Waals surface area contributed by atoms with Crippen molar-refractivity contribution in [1.82, 2.24) is 0 Å². The zero-order valence-electron chi connectivity index (χ0n) is 29.8. The van der Waals surface area contributed by atoms with E-state index in [1.54, 1.807) is 0 Å². The lowest BCUT2D eigenvalue weighted by Gasteiger charge is -2.20. The number of rotatable bonds is 36. The molecule has 0 aliphatic carbocycles. The van der Waals surface area contributed by atoms with Gasteiger partial charge in [-0.25, -0.2) is 4.57 Å². The van der Waals surface area contributed by atoms with Crippen molar-refractivity contribution in [2.24, 2.45) is 5.73 Å². The van der Waals surface area contributed by atoms with Crippen molar-refractivity contribution in [1.29, 1.82) is 0 Å². The second-order valence-corrected chi connectivity index (χ2v) is 14.3. The second-order valence-electron chi connectivity index (χ2n) is 12.8. The van der Waals surface area contributed by atoms with Crippen LogP contribution in [0.5, 0.6) is 0 Å². The van der Waals surface area contributed by atoms with Gasteiger partial charge in [0.05, 0.1) is 13.2 Å². The van der Waals surface area contributed by atoms with E-state index in [0.717, 1.165) is 32.1 Å². The van der Waals surface area contributed by atoms with Crippen molar-refractivity contribution >= 4 is 19.8 Å². The zero-order chi connectivity index (χ0) is 34.0. The lowest BCUT2D eigenvalue weighted by molar-refractivity contribution is -0.161. The fourth-order valence-electron chi connectivity index (χ4n) is 5.30. The fraction of sp³-hybridized carbons (Fsp3) is 0.944. The quantitative estimate of drug-likeness (QED) is 0.0377. The number of nitrogens with two attached hydrogens (primary N) is 1. The number of hydrogen-bond donors (Lipinski definition) is 2. The third-order valence-electron chi connectivity index (χ3n) is 8.22. The average molecular weight is 678 g/mol. The van der Waals surface area contributed by atoms with Crippen molar-refractivity contribution in [3.05, 3.63) is 0 Å². The molecule has 0 saturated carbocycles. The van der Waals surface area contributed by atoms with Gasteiger partial charge in [-0.05, 0) is 32.2 Å². The number of esters is 2. The van der Waals surface area contributed by atoms with Crippen LogP contribution in [0.1, 0.15) is 187 Å². The molecule has 2 atom stereocenters. The van der Waals surface area contributed by atoms with Gasteiger partial charge < -0.3 is 20.1 Å². The Morgan fingerprint density at radius 2 is 0.978 bits per heavy atom. The minimum atomic E-state index is -4.34. The summed E-state index contributed by atoms with van der Waals surface area (Å²) in [5.41, 5.74) is 5.45. The largest absolute Gasteiger partial charge is 0.472 e. The Bertz CT molecular complexity index is 739. The minimum Gasteiger partial charge on any atom is -0.462 e.